The highest BCUT2D eigenvalue weighted by atomic mass is 32.2. The standard InChI is InChI=1S/C21H22N2O3S/c1-14-6-9-20-17(10-14)11-18(21(24)23-20)13-22-27(25,26)19-8-7-15-4-2-3-5-16(15)12-19/h6-12,22H,2-5,13H2,1H3,(H,23,24). The van der Waals surface area contributed by atoms with Gasteiger partial charge in [0.1, 0.15) is 0 Å². The predicted octanol–water partition coefficient (Wildman–Crippen LogP) is 3.19. The smallest absolute Gasteiger partial charge is 0.252 e. The van der Waals surface area contributed by atoms with Crippen LogP contribution >= 0.6 is 0 Å². The molecule has 1 aromatic heterocycles. The molecule has 1 aliphatic rings. The molecule has 0 bridgehead atoms. The first-order valence-electron chi connectivity index (χ1n) is 9.16. The summed E-state index contributed by atoms with van der Waals surface area (Å²) in [5, 5.41) is 0.887. The molecule has 0 spiro atoms. The highest BCUT2D eigenvalue weighted by molar-refractivity contribution is 7.89. The number of aryl methyl sites for hydroxylation is 3. The van der Waals surface area contributed by atoms with Crippen molar-refractivity contribution in [2.24, 2.45) is 0 Å². The number of pyridine rings is 1. The zero-order valence-corrected chi connectivity index (χ0v) is 16.0. The number of benzene rings is 2. The second kappa shape index (κ2) is 6.94. The largest absolute Gasteiger partial charge is 0.322 e. The fourth-order valence-electron chi connectivity index (χ4n) is 3.64. The lowest BCUT2D eigenvalue weighted by atomic mass is 9.92. The summed E-state index contributed by atoms with van der Waals surface area (Å²) in [5.74, 6) is 0. The van der Waals surface area contributed by atoms with E-state index >= 15 is 0 Å². The quantitative estimate of drug-likeness (QED) is 0.727. The summed E-state index contributed by atoms with van der Waals surface area (Å²) in [6.45, 7) is 1.93. The Morgan fingerprint density at radius 2 is 1.78 bits per heavy atom. The lowest BCUT2D eigenvalue weighted by molar-refractivity contribution is 0.580. The lowest BCUT2D eigenvalue weighted by Crippen LogP contribution is -2.27. The number of nitrogens with one attached hydrogen (secondary N) is 2. The molecule has 140 valence electrons. The van der Waals surface area contributed by atoms with Crippen molar-refractivity contribution in [2.45, 2.75) is 44.0 Å². The van der Waals surface area contributed by atoms with Gasteiger partial charge in [-0.1, -0.05) is 17.7 Å². The van der Waals surface area contributed by atoms with Gasteiger partial charge in [-0.25, -0.2) is 13.1 Å². The van der Waals surface area contributed by atoms with Crippen LogP contribution < -0.4 is 10.3 Å². The van der Waals surface area contributed by atoms with Gasteiger partial charge < -0.3 is 4.98 Å². The third-order valence-electron chi connectivity index (χ3n) is 5.16. The number of H-pyrrole nitrogens is 1. The van der Waals surface area contributed by atoms with Crippen molar-refractivity contribution in [3.8, 4) is 0 Å². The van der Waals surface area contributed by atoms with Crippen molar-refractivity contribution >= 4 is 20.9 Å². The van der Waals surface area contributed by atoms with Crippen molar-refractivity contribution in [1.82, 2.24) is 9.71 Å². The molecule has 4 rings (SSSR count). The molecule has 0 radical (unpaired) electrons. The number of aromatic nitrogens is 1. The highest BCUT2D eigenvalue weighted by Gasteiger charge is 2.18. The number of sulfonamides is 1. The summed E-state index contributed by atoms with van der Waals surface area (Å²) in [7, 11) is -3.67. The Hall–Kier alpha value is -2.44. The first-order valence-corrected chi connectivity index (χ1v) is 10.6. The Morgan fingerprint density at radius 1 is 1.00 bits per heavy atom. The number of rotatable bonds is 4. The molecule has 0 atom stereocenters. The minimum atomic E-state index is -3.67. The van der Waals surface area contributed by atoms with Crippen LogP contribution in [0.4, 0.5) is 0 Å². The maximum absolute atomic E-state index is 12.7. The fraction of sp³-hybridized carbons (Fsp3) is 0.286. The Morgan fingerprint density at radius 3 is 2.59 bits per heavy atom. The van der Waals surface area contributed by atoms with Gasteiger partial charge in [-0.05, 0) is 79.5 Å². The lowest BCUT2D eigenvalue weighted by Gasteiger charge is -2.16. The molecule has 1 heterocycles. The van der Waals surface area contributed by atoms with E-state index < -0.39 is 10.0 Å². The van der Waals surface area contributed by atoms with Gasteiger partial charge in [0.15, 0.2) is 0 Å². The summed E-state index contributed by atoms with van der Waals surface area (Å²) in [6, 6.07) is 12.8. The molecule has 0 fully saturated rings. The second-order valence-electron chi connectivity index (χ2n) is 7.18. The molecule has 5 nitrogen and oxygen atoms in total. The molecular formula is C21H22N2O3S. The third-order valence-corrected chi connectivity index (χ3v) is 6.56. The van der Waals surface area contributed by atoms with E-state index in [1.165, 1.54) is 5.56 Å². The molecular weight excluding hydrogens is 360 g/mol. The molecule has 1 aliphatic carbocycles. The first kappa shape index (κ1) is 17.9. The summed E-state index contributed by atoms with van der Waals surface area (Å²) in [4.78, 5) is 15.3. The molecule has 0 saturated carbocycles. The SMILES string of the molecule is Cc1ccc2[nH]c(=O)c(CNS(=O)(=O)c3ccc4c(c3)CCCC4)cc2c1. The Labute approximate surface area is 158 Å². The van der Waals surface area contributed by atoms with Crippen LogP contribution in [0.3, 0.4) is 0 Å². The summed E-state index contributed by atoms with van der Waals surface area (Å²) < 4.78 is 28.0. The van der Waals surface area contributed by atoms with Gasteiger partial charge in [0.25, 0.3) is 5.56 Å². The fourth-order valence-corrected chi connectivity index (χ4v) is 4.69. The highest BCUT2D eigenvalue weighted by Crippen LogP contribution is 2.24. The van der Waals surface area contributed by atoms with E-state index in [-0.39, 0.29) is 17.0 Å². The Kier molecular flexibility index (Phi) is 4.61. The molecule has 0 saturated heterocycles. The van der Waals surface area contributed by atoms with Gasteiger partial charge in [0.05, 0.1) is 4.90 Å². The van der Waals surface area contributed by atoms with Gasteiger partial charge in [-0.2, -0.15) is 0 Å². The average Bonchev–Trinajstić information content (AvgIpc) is 2.66. The van der Waals surface area contributed by atoms with E-state index in [2.05, 4.69) is 9.71 Å². The Bertz CT molecular complexity index is 1180. The molecule has 2 aromatic carbocycles. The predicted molar refractivity (Wildman–Crippen MR) is 106 cm³/mol. The van der Waals surface area contributed by atoms with Gasteiger partial charge >= 0.3 is 0 Å². The van der Waals surface area contributed by atoms with Gasteiger partial charge in [-0.3, -0.25) is 4.79 Å². The number of aromatic amines is 1. The van der Waals surface area contributed by atoms with Gasteiger partial charge in [0.2, 0.25) is 10.0 Å². The summed E-state index contributed by atoms with van der Waals surface area (Å²) >= 11 is 0. The number of fused-ring (bicyclic) bond motifs is 2. The molecule has 27 heavy (non-hydrogen) atoms. The monoisotopic (exact) mass is 382 g/mol. The maximum Gasteiger partial charge on any atom is 0.252 e. The third kappa shape index (κ3) is 3.68. The van der Waals surface area contributed by atoms with Crippen molar-refractivity contribution in [2.75, 3.05) is 0 Å². The zero-order chi connectivity index (χ0) is 19.0. The van der Waals surface area contributed by atoms with Crippen LogP contribution in [0.15, 0.2) is 52.2 Å². The van der Waals surface area contributed by atoms with Crippen molar-refractivity contribution in [1.29, 1.82) is 0 Å². The number of hydrogen-bond donors (Lipinski definition) is 2. The first-order chi connectivity index (χ1) is 12.9. The van der Waals surface area contributed by atoms with Crippen LogP contribution in [0.1, 0.15) is 35.1 Å². The van der Waals surface area contributed by atoms with E-state index in [1.807, 2.05) is 31.2 Å². The van der Waals surface area contributed by atoms with E-state index in [1.54, 1.807) is 18.2 Å². The van der Waals surface area contributed by atoms with E-state index in [4.69, 9.17) is 0 Å². The minimum absolute atomic E-state index is 0.0430. The van der Waals surface area contributed by atoms with Crippen molar-refractivity contribution in [3.05, 3.63) is 75.1 Å². The van der Waals surface area contributed by atoms with Crippen molar-refractivity contribution < 1.29 is 8.42 Å². The Balaban J connectivity index is 1.60. The van der Waals surface area contributed by atoms with Crippen LogP contribution in [0, 0.1) is 6.92 Å². The minimum Gasteiger partial charge on any atom is -0.322 e. The molecule has 2 N–H and O–H groups in total. The van der Waals surface area contributed by atoms with Crippen LogP contribution in [-0.4, -0.2) is 13.4 Å². The summed E-state index contributed by atoms with van der Waals surface area (Å²) in [6.07, 6.45) is 4.18. The maximum atomic E-state index is 12.7. The number of hydrogen-bond acceptors (Lipinski definition) is 3. The summed E-state index contributed by atoms with van der Waals surface area (Å²) in [5.41, 5.74) is 4.29. The van der Waals surface area contributed by atoms with Crippen LogP contribution in [-0.2, 0) is 29.4 Å². The molecule has 3 aromatic rings. The zero-order valence-electron chi connectivity index (χ0n) is 15.2. The van der Waals surface area contributed by atoms with Crippen LogP contribution in [0.2, 0.25) is 0 Å². The van der Waals surface area contributed by atoms with E-state index in [0.29, 0.717) is 5.56 Å². The van der Waals surface area contributed by atoms with Crippen LogP contribution in [0.5, 0.6) is 0 Å². The second-order valence-corrected chi connectivity index (χ2v) is 8.94. The van der Waals surface area contributed by atoms with Crippen LogP contribution in [0.25, 0.3) is 10.9 Å². The molecule has 6 heteroatoms. The molecule has 0 amide bonds. The van der Waals surface area contributed by atoms with E-state index in [0.717, 1.165) is 47.7 Å². The molecule has 0 unspecified atom stereocenters. The van der Waals surface area contributed by atoms with Crippen molar-refractivity contribution in [3.63, 3.8) is 0 Å². The normalized spacial score (nSPS) is 14.3. The van der Waals surface area contributed by atoms with Gasteiger partial charge in [-0.15, -0.1) is 0 Å². The van der Waals surface area contributed by atoms with E-state index in [9.17, 15) is 13.2 Å². The molecule has 0 aliphatic heterocycles. The average molecular weight is 382 g/mol. The van der Waals surface area contributed by atoms with Gasteiger partial charge in [0, 0.05) is 17.6 Å². The topological polar surface area (TPSA) is 79.0 Å².